The Morgan fingerprint density at radius 3 is 2.58 bits per heavy atom. The summed E-state index contributed by atoms with van der Waals surface area (Å²) >= 11 is 1.56. The van der Waals surface area contributed by atoms with Gasteiger partial charge in [0.15, 0.2) is 0 Å². The predicted octanol–water partition coefficient (Wildman–Crippen LogP) is 2.88. The lowest BCUT2D eigenvalue weighted by atomic mass is 10.4. The van der Waals surface area contributed by atoms with Crippen molar-refractivity contribution < 1.29 is 4.79 Å². The van der Waals surface area contributed by atoms with E-state index in [0.29, 0.717) is 0 Å². The second-order valence-electron chi connectivity index (χ2n) is 2.41. The molecule has 0 spiro atoms. The molecule has 12 heavy (non-hydrogen) atoms. The summed E-state index contributed by atoms with van der Waals surface area (Å²) in [6.45, 7) is 1.79. The minimum absolute atomic E-state index is 0.754. The predicted molar refractivity (Wildman–Crippen MR) is 52.1 cm³/mol. The molecule has 0 aromatic heterocycles. The Bertz CT molecular complexity index is 277. The van der Waals surface area contributed by atoms with Gasteiger partial charge >= 0.3 is 0 Å². The van der Waals surface area contributed by atoms with E-state index in [1.54, 1.807) is 18.7 Å². The Morgan fingerprint density at radius 1 is 1.33 bits per heavy atom. The van der Waals surface area contributed by atoms with Gasteiger partial charge in [0.25, 0.3) is 0 Å². The van der Waals surface area contributed by atoms with E-state index in [9.17, 15) is 4.79 Å². The van der Waals surface area contributed by atoms with Crippen LogP contribution in [-0.2, 0) is 4.79 Å². The van der Waals surface area contributed by atoms with Gasteiger partial charge in [-0.1, -0.05) is 30.0 Å². The molecule has 0 aliphatic carbocycles. The van der Waals surface area contributed by atoms with Crippen LogP contribution in [0.1, 0.15) is 6.92 Å². The van der Waals surface area contributed by atoms with Crippen LogP contribution in [0.3, 0.4) is 0 Å². The van der Waals surface area contributed by atoms with Crippen molar-refractivity contribution in [3.63, 3.8) is 0 Å². The number of aldehydes is 1. The minimum Gasteiger partial charge on any atom is -0.298 e. The van der Waals surface area contributed by atoms with E-state index in [2.05, 4.69) is 0 Å². The topological polar surface area (TPSA) is 17.1 Å². The van der Waals surface area contributed by atoms with Gasteiger partial charge in [-0.25, -0.2) is 0 Å². The first-order valence-corrected chi connectivity index (χ1v) is 4.54. The first-order chi connectivity index (χ1) is 5.83. The van der Waals surface area contributed by atoms with Gasteiger partial charge in [-0.05, 0) is 30.0 Å². The van der Waals surface area contributed by atoms with Gasteiger partial charge in [-0.15, -0.1) is 0 Å². The van der Waals surface area contributed by atoms with Crippen LogP contribution in [0.4, 0.5) is 0 Å². The van der Waals surface area contributed by atoms with Crippen molar-refractivity contribution >= 4 is 18.0 Å². The molecule has 0 saturated carbocycles. The Hall–Kier alpha value is -1.02. The zero-order valence-corrected chi connectivity index (χ0v) is 7.67. The van der Waals surface area contributed by atoms with Gasteiger partial charge in [0, 0.05) is 4.90 Å². The minimum atomic E-state index is 0.754. The monoisotopic (exact) mass is 178 g/mol. The van der Waals surface area contributed by atoms with E-state index in [0.717, 1.165) is 16.8 Å². The average molecular weight is 178 g/mol. The fraction of sp³-hybridized carbons (Fsp3) is 0.100. The molecule has 0 N–H and O–H groups in total. The van der Waals surface area contributed by atoms with Crippen molar-refractivity contribution in [3.05, 3.63) is 41.3 Å². The fourth-order valence-electron chi connectivity index (χ4n) is 0.688. The third-order valence-corrected chi connectivity index (χ3v) is 2.34. The smallest absolute Gasteiger partial charge is 0.146 e. The summed E-state index contributed by atoms with van der Waals surface area (Å²) in [6.07, 6.45) is 0.857. The van der Waals surface area contributed by atoms with Gasteiger partial charge in [-0.2, -0.15) is 0 Å². The van der Waals surface area contributed by atoms with Crippen LogP contribution in [0.25, 0.3) is 0 Å². The largest absolute Gasteiger partial charge is 0.298 e. The number of thioether (sulfide) groups is 1. The van der Waals surface area contributed by atoms with Crippen molar-refractivity contribution in [2.75, 3.05) is 0 Å². The van der Waals surface area contributed by atoms with Crippen molar-refractivity contribution in [2.24, 2.45) is 0 Å². The molecule has 1 aromatic carbocycles. The molecule has 0 amide bonds. The Kier molecular flexibility index (Phi) is 3.61. The summed E-state index contributed by atoms with van der Waals surface area (Å²) in [5.41, 5.74) is 0.754. The standard InChI is InChI=1S/C10H10OS/c1-9(7-11)8-12-10-5-3-2-4-6-10/h2-8H,1H3/b9-8-. The molecule has 0 fully saturated rings. The van der Waals surface area contributed by atoms with Crippen LogP contribution in [0.2, 0.25) is 0 Å². The van der Waals surface area contributed by atoms with Gasteiger partial charge < -0.3 is 0 Å². The number of allylic oxidation sites excluding steroid dienone is 1. The van der Waals surface area contributed by atoms with Gasteiger partial charge in [-0.3, -0.25) is 4.79 Å². The normalized spacial score (nSPS) is 11.2. The molecule has 0 atom stereocenters. The van der Waals surface area contributed by atoms with E-state index < -0.39 is 0 Å². The van der Waals surface area contributed by atoms with Crippen molar-refractivity contribution in [3.8, 4) is 0 Å². The first-order valence-electron chi connectivity index (χ1n) is 3.66. The van der Waals surface area contributed by atoms with Crippen LogP contribution in [0.15, 0.2) is 46.2 Å². The number of carbonyl (C=O) groups excluding carboxylic acids is 1. The summed E-state index contributed by atoms with van der Waals surface area (Å²) in [7, 11) is 0. The van der Waals surface area contributed by atoms with E-state index in [4.69, 9.17) is 0 Å². The van der Waals surface area contributed by atoms with Crippen LogP contribution in [-0.4, -0.2) is 6.29 Å². The second kappa shape index (κ2) is 4.78. The Labute approximate surface area is 76.5 Å². The molecule has 62 valence electrons. The number of hydrogen-bond acceptors (Lipinski definition) is 2. The molecule has 0 saturated heterocycles. The van der Waals surface area contributed by atoms with Crippen LogP contribution in [0, 0.1) is 0 Å². The molecule has 0 radical (unpaired) electrons. The van der Waals surface area contributed by atoms with E-state index in [1.165, 1.54) is 0 Å². The highest BCUT2D eigenvalue weighted by Gasteiger charge is 1.88. The number of rotatable bonds is 3. The maximum Gasteiger partial charge on any atom is 0.146 e. The summed E-state index contributed by atoms with van der Waals surface area (Å²) in [5, 5.41) is 1.85. The maximum atomic E-state index is 10.2. The number of hydrogen-bond donors (Lipinski definition) is 0. The molecule has 0 aliphatic rings. The van der Waals surface area contributed by atoms with Crippen LogP contribution >= 0.6 is 11.8 Å². The zero-order valence-electron chi connectivity index (χ0n) is 6.86. The molecule has 1 nitrogen and oxygen atoms in total. The summed E-state index contributed by atoms with van der Waals surface area (Å²) < 4.78 is 0. The molecule has 0 unspecified atom stereocenters. The molecular weight excluding hydrogens is 168 g/mol. The van der Waals surface area contributed by atoms with Crippen LogP contribution in [0.5, 0.6) is 0 Å². The lowest BCUT2D eigenvalue weighted by Gasteiger charge is -1.93. The first kappa shape index (κ1) is 9.07. The molecule has 0 heterocycles. The average Bonchev–Trinajstić information content (AvgIpc) is 2.16. The summed E-state index contributed by atoms with van der Waals surface area (Å²) in [5.74, 6) is 0. The highest BCUT2D eigenvalue weighted by Crippen LogP contribution is 2.19. The van der Waals surface area contributed by atoms with Crippen molar-refractivity contribution in [2.45, 2.75) is 11.8 Å². The highest BCUT2D eigenvalue weighted by molar-refractivity contribution is 8.02. The van der Waals surface area contributed by atoms with E-state index in [1.807, 2.05) is 35.7 Å². The Morgan fingerprint density at radius 2 is 2.00 bits per heavy atom. The molecule has 0 aliphatic heterocycles. The molecule has 0 bridgehead atoms. The van der Waals surface area contributed by atoms with Gasteiger partial charge in [0.1, 0.15) is 6.29 Å². The summed E-state index contributed by atoms with van der Waals surface area (Å²) in [4.78, 5) is 11.4. The lowest BCUT2D eigenvalue weighted by Crippen LogP contribution is -1.72. The van der Waals surface area contributed by atoms with Crippen molar-refractivity contribution in [1.82, 2.24) is 0 Å². The molecular formula is C10H10OS. The quantitative estimate of drug-likeness (QED) is 0.402. The van der Waals surface area contributed by atoms with Gasteiger partial charge in [0.05, 0.1) is 0 Å². The Balaban J connectivity index is 2.60. The van der Waals surface area contributed by atoms with E-state index in [-0.39, 0.29) is 0 Å². The zero-order chi connectivity index (χ0) is 8.81. The second-order valence-corrected chi connectivity index (χ2v) is 3.35. The number of carbonyl (C=O) groups is 1. The molecule has 1 rings (SSSR count). The molecule has 1 aromatic rings. The summed E-state index contributed by atoms with van der Waals surface area (Å²) in [6, 6.07) is 9.96. The number of benzene rings is 1. The SMILES string of the molecule is C/C(C=O)=C/Sc1ccccc1. The molecule has 2 heteroatoms. The van der Waals surface area contributed by atoms with Crippen molar-refractivity contribution in [1.29, 1.82) is 0 Å². The van der Waals surface area contributed by atoms with E-state index >= 15 is 0 Å². The fourth-order valence-corrected chi connectivity index (χ4v) is 1.38. The maximum absolute atomic E-state index is 10.2. The third kappa shape index (κ3) is 2.93. The van der Waals surface area contributed by atoms with Gasteiger partial charge in [0.2, 0.25) is 0 Å². The highest BCUT2D eigenvalue weighted by atomic mass is 32.2. The third-order valence-electron chi connectivity index (χ3n) is 1.31. The lowest BCUT2D eigenvalue weighted by molar-refractivity contribution is -0.104. The van der Waals surface area contributed by atoms with Crippen LogP contribution < -0.4 is 0 Å².